The van der Waals surface area contributed by atoms with E-state index in [4.69, 9.17) is 4.74 Å². The van der Waals surface area contributed by atoms with Gasteiger partial charge in [0.15, 0.2) is 0 Å². The third-order valence-electron chi connectivity index (χ3n) is 4.50. The quantitative estimate of drug-likeness (QED) is 0.796. The summed E-state index contributed by atoms with van der Waals surface area (Å²) in [4.78, 5) is 21.7. The topological polar surface area (TPSA) is 58.2 Å². The van der Waals surface area contributed by atoms with Crippen LogP contribution in [0.15, 0.2) is 48.8 Å². The van der Waals surface area contributed by atoms with Gasteiger partial charge in [0.1, 0.15) is 17.7 Å². The molecule has 1 fully saturated rings. The summed E-state index contributed by atoms with van der Waals surface area (Å²) in [6.07, 6.45) is 3.08. The molecule has 0 spiro atoms. The van der Waals surface area contributed by atoms with Crippen LogP contribution in [0, 0.1) is 5.82 Å². The molecule has 0 bridgehead atoms. The number of H-pyrrole nitrogens is 1. The Morgan fingerprint density at radius 3 is 2.84 bits per heavy atom. The number of likely N-dealkylation sites (tertiary alicyclic amines) is 1. The van der Waals surface area contributed by atoms with Gasteiger partial charge >= 0.3 is 0 Å². The van der Waals surface area contributed by atoms with Gasteiger partial charge in [0.2, 0.25) is 0 Å². The highest BCUT2D eigenvalue weighted by Crippen LogP contribution is 2.21. The first-order valence-corrected chi connectivity index (χ1v) is 8.34. The molecule has 1 amide bonds. The smallest absolute Gasteiger partial charge is 0.253 e. The molecule has 1 saturated heterocycles. The molecule has 0 unspecified atom stereocenters. The van der Waals surface area contributed by atoms with Crippen LogP contribution >= 0.6 is 0 Å². The highest BCUT2D eigenvalue weighted by atomic mass is 19.1. The third kappa shape index (κ3) is 3.33. The highest BCUT2D eigenvalue weighted by molar-refractivity contribution is 5.97. The number of benzene rings is 2. The van der Waals surface area contributed by atoms with Gasteiger partial charge in [0, 0.05) is 37.6 Å². The number of ether oxygens (including phenoxy) is 1. The fourth-order valence-corrected chi connectivity index (χ4v) is 3.16. The Balaban J connectivity index is 1.38. The maximum atomic E-state index is 13.2. The molecule has 128 valence electrons. The maximum absolute atomic E-state index is 13.2. The van der Waals surface area contributed by atoms with E-state index in [1.54, 1.807) is 24.5 Å². The molecule has 2 heterocycles. The number of hydrogen-bond donors (Lipinski definition) is 1. The summed E-state index contributed by atoms with van der Waals surface area (Å²) in [6, 6.07) is 11.6. The normalized spacial score (nSPS) is 15.5. The molecular formula is C19H18FN3O2. The second kappa shape index (κ2) is 6.55. The Labute approximate surface area is 144 Å². The van der Waals surface area contributed by atoms with Crippen molar-refractivity contribution in [2.45, 2.75) is 18.9 Å². The lowest BCUT2D eigenvalue weighted by Crippen LogP contribution is -2.41. The van der Waals surface area contributed by atoms with Gasteiger partial charge < -0.3 is 14.6 Å². The number of imidazole rings is 1. The molecule has 0 atom stereocenters. The molecule has 0 radical (unpaired) electrons. The number of fused-ring (bicyclic) bond motifs is 1. The summed E-state index contributed by atoms with van der Waals surface area (Å²) in [6.45, 7) is 1.25. The number of carbonyl (C=O) groups is 1. The summed E-state index contributed by atoms with van der Waals surface area (Å²) < 4.78 is 19.1. The van der Waals surface area contributed by atoms with Gasteiger partial charge in [0.25, 0.3) is 5.91 Å². The van der Waals surface area contributed by atoms with Crippen molar-refractivity contribution in [1.82, 2.24) is 14.9 Å². The van der Waals surface area contributed by atoms with Crippen molar-refractivity contribution in [1.29, 1.82) is 0 Å². The maximum Gasteiger partial charge on any atom is 0.253 e. The number of nitrogens with zero attached hydrogens (tertiary/aromatic N) is 2. The van der Waals surface area contributed by atoms with Gasteiger partial charge in [0.05, 0.1) is 17.4 Å². The van der Waals surface area contributed by atoms with Crippen LogP contribution in [-0.2, 0) is 0 Å². The number of nitrogens with one attached hydrogen (secondary N) is 1. The molecule has 4 rings (SSSR count). The van der Waals surface area contributed by atoms with Gasteiger partial charge in [-0.15, -0.1) is 0 Å². The van der Waals surface area contributed by atoms with E-state index in [1.807, 2.05) is 17.0 Å². The number of aromatic nitrogens is 2. The lowest BCUT2D eigenvalue weighted by molar-refractivity contribution is 0.0595. The van der Waals surface area contributed by atoms with Gasteiger partial charge in [-0.05, 0) is 30.3 Å². The third-order valence-corrected chi connectivity index (χ3v) is 4.50. The lowest BCUT2D eigenvalue weighted by Gasteiger charge is -2.32. The minimum Gasteiger partial charge on any atom is -0.490 e. The Hall–Kier alpha value is -2.89. The first kappa shape index (κ1) is 15.6. The average molecular weight is 339 g/mol. The fourth-order valence-electron chi connectivity index (χ4n) is 3.16. The van der Waals surface area contributed by atoms with Crippen molar-refractivity contribution in [3.8, 4) is 5.75 Å². The van der Waals surface area contributed by atoms with E-state index < -0.39 is 0 Å². The van der Waals surface area contributed by atoms with Crippen molar-refractivity contribution in [3.05, 3.63) is 60.2 Å². The van der Waals surface area contributed by atoms with Gasteiger partial charge in [-0.1, -0.05) is 6.07 Å². The standard InChI is InChI=1S/C19H18FN3O2/c20-14-2-1-3-16(11-14)25-15-6-8-23(9-7-15)19(24)13-4-5-17-18(10-13)22-12-21-17/h1-5,10-12,15H,6-9H2,(H,21,22). The van der Waals surface area contributed by atoms with Crippen LogP contribution in [0.5, 0.6) is 5.75 Å². The minimum atomic E-state index is -0.306. The van der Waals surface area contributed by atoms with Crippen molar-refractivity contribution in [2.75, 3.05) is 13.1 Å². The van der Waals surface area contributed by atoms with Crippen LogP contribution in [-0.4, -0.2) is 40.0 Å². The SMILES string of the molecule is O=C(c1ccc2nc[nH]c2c1)N1CCC(Oc2cccc(F)c2)CC1. The van der Waals surface area contributed by atoms with Crippen LogP contribution in [0.4, 0.5) is 4.39 Å². The Kier molecular flexibility index (Phi) is 4.09. The Morgan fingerprint density at radius 1 is 1.20 bits per heavy atom. The second-order valence-corrected chi connectivity index (χ2v) is 6.20. The molecule has 0 saturated carbocycles. The number of hydrogen-bond acceptors (Lipinski definition) is 3. The van der Waals surface area contributed by atoms with Crippen LogP contribution in [0.3, 0.4) is 0 Å². The number of carbonyl (C=O) groups excluding carboxylic acids is 1. The molecule has 1 aliphatic heterocycles. The summed E-state index contributed by atoms with van der Waals surface area (Å²) in [7, 11) is 0. The monoisotopic (exact) mass is 339 g/mol. The van der Waals surface area contributed by atoms with E-state index in [0.29, 0.717) is 24.4 Å². The van der Waals surface area contributed by atoms with E-state index in [-0.39, 0.29) is 17.8 Å². The Bertz CT molecular complexity index is 900. The summed E-state index contributed by atoms with van der Waals surface area (Å²) in [5.74, 6) is 0.245. The zero-order valence-corrected chi connectivity index (χ0v) is 13.6. The van der Waals surface area contributed by atoms with Crippen LogP contribution in [0.25, 0.3) is 11.0 Å². The second-order valence-electron chi connectivity index (χ2n) is 6.20. The van der Waals surface area contributed by atoms with Crippen molar-refractivity contribution in [2.24, 2.45) is 0 Å². The van der Waals surface area contributed by atoms with E-state index in [1.165, 1.54) is 12.1 Å². The zero-order chi connectivity index (χ0) is 17.2. The van der Waals surface area contributed by atoms with E-state index in [2.05, 4.69) is 9.97 Å². The van der Waals surface area contributed by atoms with Crippen LogP contribution < -0.4 is 4.74 Å². The van der Waals surface area contributed by atoms with E-state index in [0.717, 1.165) is 23.9 Å². The van der Waals surface area contributed by atoms with Gasteiger partial charge in [-0.3, -0.25) is 4.79 Å². The van der Waals surface area contributed by atoms with Crippen LogP contribution in [0.1, 0.15) is 23.2 Å². The molecular weight excluding hydrogens is 321 g/mol. The molecule has 1 N–H and O–H groups in total. The first-order valence-electron chi connectivity index (χ1n) is 8.34. The predicted octanol–water partition coefficient (Wildman–Crippen LogP) is 3.39. The fraction of sp³-hybridized carbons (Fsp3) is 0.263. The van der Waals surface area contributed by atoms with Gasteiger partial charge in [-0.25, -0.2) is 9.37 Å². The van der Waals surface area contributed by atoms with Gasteiger partial charge in [-0.2, -0.15) is 0 Å². The molecule has 5 nitrogen and oxygen atoms in total. The molecule has 1 aromatic heterocycles. The first-order chi connectivity index (χ1) is 12.2. The highest BCUT2D eigenvalue weighted by Gasteiger charge is 2.25. The predicted molar refractivity (Wildman–Crippen MR) is 92.0 cm³/mol. The van der Waals surface area contributed by atoms with E-state index >= 15 is 0 Å². The van der Waals surface area contributed by atoms with Crippen molar-refractivity contribution in [3.63, 3.8) is 0 Å². The molecule has 25 heavy (non-hydrogen) atoms. The zero-order valence-electron chi connectivity index (χ0n) is 13.6. The number of rotatable bonds is 3. The average Bonchev–Trinajstić information content (AvgIpc) is 3.09. The summed E-state index contributed by atoms with van der Waals surface area (Å²) in [5, 5.41) is 0. The van der Waals surface area contributed by atoms with Crippen LogP contribution in [0.2, 0.25) is 0 Å². The molecule has 2 aromatic carbocycles. The van der Waals surface area contributed by atoms with Crippen molar-refractivity contribution >= 4 is 16.9 Å². The molecule has 6 heteroatoms. The van der Waals surface area contributed by atoms with Crippen molar-refractivity contribution < 1.29 is 13.9 Å². The lowest BCUT2D eigenvalue weighted by atomic mass is 10.1. The molecule has 3 aromatic rings. The number of amides is 1. The summed E-state index contributed by atoms with van der Waals surface area (Å²) >= 11 is 0. The molecule has 0 aliphatic carbocycles. The van der Waals surface area contributed by atoms with E-state index in [9.17, 15) is 9.18 Å². The summed E-state index contributed by atoms with van der Waals surface area (Å²) in [5.41, 5.74) is 2.36. The number of aromatic amines is 1. The number of halogens is 1. The number of piperidine rings is 1. The Morgan fingerprint density at radius 2 is 2.04 bits per heavy atom. The molecule has 1 aliphatic rings. The largest absolute Gasteiger partial charge is 0.490 e. The minimum absolute atomic E-state index is 0.000868.